The third-order valence-electron chi connectivity index (χ3n) is 4.85. The van der Waals surface area contributed by atoms with Crippen molar-refractivity contribution in [3.63, 3.8) is 0 Å². The van der Waals surface area contributed by atoms with Gasteiger partial charge in [-0.3, -0.25) is 9.59 Å². The molecule has 1 unspecified atom stereocenters. The lowest BCUT2D eigenvalue weighted by Crippen LogP contribution is -2.57. The third-order valence-corrected chi connectivity index (χ3v) is 6.70. The highest BCUT2D eigenvalue weighted by Crippen LogP contribution is 2.33. The number of carboxylic acids is 1. The molecule has 1 aliphatic rings. The predicted octanol–water partition coefficient (Wildman–Crippen LogP) is -3.28. The quantitative estimate of drug-likeness (QED) is 0.182. The van der Waals surface area contributed by atoms with Gasteiger partial charge in [-0.1, -0.05) is 13.3 Å². The van der Waals surface area contributed by atoms with Crippen LogP contribution >= 0.6 is 0 Å². The maximum Gasteiger partial charge on any atom is 0.451 e. The third kappa shape index (κ3) is 5.40. The van der Waals surface area contributed by atoms with Crippen molar-refractivity contribution < 1.29 is 33.2 Å². The Morgan fingerprint density at radius 3 is 2.46 bits per heavy atom. The van der Waals surface area contributed by atoms with Gasteiger partial charge in [-0.25, -0.2) is 4.31 Å². The van der Waals surface area contributed by atoms with Crippen molar-refractivity contribution in [1.82, 2.24) is 8.61 Å². The van der Waals surface area contributed by atoms with Crippen LogP contribution < -0.4 is 17.2 Å². The second-order valence-electron chi connectivity index (χ2n) is 7.01. The number of aliphatic carboxylic acids is 1. The second kappa shape index (κ2) is 9.96. The Kier molecular flexibility index (Phi) is 8.80. The largest absolute Gasteiger partial charge is 0.480 e. The molecule has 0 bridgehead atoms. The van der Waals surface area contributed by atoms with Gasteiger partial charge < -0.3 is 32.4 Å². The molecule has 0 aromatic rings. The van der Waals surface area contributed by atoms with Gasteiger partial charge in [0, 0.05) is 32.1 Å². The number of hydrogen-bond acceptors (Lipinski definition) is 9. The molecule has 0 saturated carbocycles. The molecule has 28 heavy (non-hydrogen) atoms. The summed E-state index contributed by atoms with van der Waals surface area (Å²) >= 11 is 0. The molecule has 1 saturated heterocycles. The van der Waals surface area contributed by atoms with E-state index < -0.39 is 53.2 Å². The Balaban J connectivity index is 3.12. The van der Waals surface area contributed by atoms with Gasteiger partial charge in [0.1, 0.15) is 5.54 Å². The summed E-state index contributed by atoms with van der Waals surface area (Å²) in [5.74, 6) is -3.00. The fourth-order valence-electron chi connectivity index (χ4n) is 3.18. The highest BCUT2D eigenvalue weighted by molar-refractivity contribution is 7.87. The molecule has 1 heterocycles. The monoisotopic (exact) mass is 423 g/mol. The zero-order valence-electron chi connectivity index (χ0n) is 15.9. The number of nitrogens with zero attached hydrogens (tertiary/aromatic N) is 2. The van der Waals surface area contributed by atoms with Crippen LogP contribution in [0.25, 0.3) is 0 Å². The van der Waals surface area contributed by atoms with Crippen LogP contribution in [0.3, 0.4) is 0 Å². The molecule has 0 aromatic heterocycles. The molecule has 0 spiro atoms. The van der Waals surface area contributed by atoms with Crippen molar-refractivity contribution in [1.29, 1.82) is 0 Å². The molecule has 1 fully saturated rings. The Hall–Kier alpha value is -1.29. The number of nitrogens with two attached hydrogens (primary N) is 3. The summed E-state index contributed by atoms with van der Waals surface area (Å²) in [6, 6.07) is -1.20. The molecule has 1 aliphatic heterocycles. The van der Waals surface area contributed by atoms with Crippen molar-refractivity contribution in [2.45, 2.75) is 44.1 Å². The fraction of sp³-hybridized carbons (Fsp3) is 0.857. The molecule has 1 amide bonds. The molecular weight excluding hydrogens is 393 g/mol. The van der Waals surface area contributed by atoms with Crippen LogP contribution in [0.1, 0.15) is 26.2 Å². The van der Waals surface area contributed by atoms with Crippen molar-refractivity contribution in [3.8, 4) is 0 Å². The van der Waals surface area contributed by atoms with Gasteiger partial charge in [0.2, 0.25) is 0 Å². The van der Waals surface area contributed by atoms with Crippen LogP contribution in [0.4, 0.5) is 0 Å². The Bertz CT molecular complexity index is 664. The molecule has 9 N–H and O–H groups in total. The van der Waals surface area contributed by atoms with Gasteiger partial charge in [0.15, 0.2) is 0 Å². The Morgan fingerprint density at radius 2 is 2.00 bits per heavy atom. The van der Waals surface area contributed by atoms with E-state index in [0.717, 1.165) is 4.31 Å². The number of rotatable bonds is 11. The van der Waals surface area contributed by atoms with Crippen molar-refractivity contribution in [2.75, 3.05) is 26.2 Å². The maximum atomic E-state index is 13.0. The zero-order valence-corrected chi connectivity index (χ0v) is 16.7. The van der Waals surface area contributed by atoms with E-state index in [2.05, 4.69) is 0 Å². The molecule has 3 atom stereocenters. The van der Waals surface area contributed by atoms with Crippen LogP contribution in [0.15, 0.2) is 0 Å². The number of hydrogen-bond donors (Lipinski definition) is 6. The van der Waals surface area contributed by atoms with Crippen molar-refractivity contribution in [2.24, 2.45) is 23.1 Å². The SMILES string of the molecule is CCCN(C(=O)C(N)CN)S(=O)(=O)N1C[C@H](CCCB(O)O)[C@](N)(C(=O)O)C1. The van der Waals surface area contributed by atoms with Gasteiger partial charge in [-0.15, -0.1) is 0 Å². The summed E-state index contributed by atoms with van der Waals surface area (Å²) in [4.78, 5) is 24.1. The molecule has 12 nitrogen and oxygen atoms in total. The molecule has 14 heteroatoms. The van der Waals surface area contributed by atoms with E-state index >= 15 is 0 Å². The van der Waals surface area contributed by atoms with E-state index in [4.69, 9.17) is 27.2 Å². The van der Waals surface area contributed by atoms with Gasteiger partial charge in [-0.2, -0.15) is 12.7 Å². The summed E-state index contributed by atoms with van der Waals surface area (Å²) < 4.78 is 27.5. The number of carbonyl (C=O) groups excluding carboxylic acids is 1. The van der Waals surface area contributed by atoms with E-state index in [1.165, 1.54) is 0 Å². The normalized spacial score (nSPS) is 24.1. The first-order valence-electron chi connectivity index (χ1n) is 9.07. The molecule has 0 aromatic carbocycles. The summed E-state index contributed by atoms with van der Waals surface area (Å²) in [5, 5.41) is 27.5. The summed E-state index contributed by atoms with van der Waals surface area (Å²) in [5.41, 5.74) is 15.1. The fourth-order valence-corrected chi connectivity index (χ4v) is 4.98. The van der Waals surface area contributed by atoms with Crippen LogP contribution in [-0.2, 0) is 19.8 Å². The zero-order chi connectivity index (χ0) is 21.7. The minimum Gasteiger partial charge on any atom is -0.480 e. The minimum atomic E-state index is -4.36. The van der Waals surface area contributed by atoms with Gasteiger partial charge in [-0.05, 0) is 19.2 Å². The van der Waals surface area contributed by atoms with E-state index in [1.807, 2.05) is 0 Å². The number of carbonyl (C=O) groups is 2. The van der Waals surface area contributed by atoms with E-state index in [9.17, 15) is 23.1 Å². The highest BCUT2D eigenvalue weighted by Gasteiger charge is 2.53. The summed E-state index contributed by atoms with van der Waals surface area (Å²) in [6.45, 7) is 0.593. The standard InChI is InChI=1S/C14H30BN5O7S/c1-2-6-20(12(21)11(17)7-16)28(26,27)19-8-10(4-3-5-15(24)25)14(18,9-19)13(22)23/h10-11,24-25H,2-9,16-18H2,1H3,(H,22,23)/t10-,11?,14-/m0/s1. The molecule has 0 aliphatic carbocycles. The van der Waals surface area contributed by atoms with Crippen LogP contribution in [0, 0.1) is 5.92 Å². The lowest BCUT2D eigenvalue weighted by atomic mass is 9.78. The smallest absolute Gasteiger partial charge is 0.451 e. The average molecular weight is 423 g/mol. The van der Waals surface area contributed by atoms with Crippen molar-refractivity contribution in [3.05, 3.63) is 0 Å². The van der Waals surface area contributed by atoms with Gasteiger partial charge in [0.25, 0.3) is 5.91 Å². The lowest BCUT2D eigenvalue weighted by Gasteiger charge is -2.29. The van der Waals surface area contributed by atoms with Crippen molar-refractivity contribution >= 4 is 29.2 Å². The van der Waals surface area contributed by atoms with Crippen LogP contribution in [0.5, 0.6) is 0 Å². The minimum absolute atomic E-state index is 0.00471. The first-order chi connectivity index (χ1) is 12.9. The molecule has 0 radical (unpaired) electrons. The Morgan fingerprint density at radius 1 is 1.39 bits per heavy atom. The topological polar surface area (TPSA) is 214 Å². The van der Waals surface area contributed by atoms with Crippen LogP contribution in [-0.4, -0.2) is 88.9 Å². The highest BCUT2D eigenvalue weighted by atomic mass is 32.2. The van der Waals surface area contributed by atoms with Crippen LogP contribution in [0.2, 0.25) is 6.32 Å². The predicted molar refractivity (Wildman–Crippen MR) is 102 cm³/mol. The maximum absolute atomic E-state index is 13.0. The van der Waals surface area contributed by atoms with Gasteiger partial charge in [0.05, 0.1) is 6.04 Å². The first-order valence-corrected chi connectivity index (χ1v) is 10.5. The summed E-state index contributed by atoms with van der Waals surface area (Å²) in [7, 11) is -5.90. The number of carboxylic acid groups (broad SMARTS) is 1. The van der Waals surface area contributed by atoms with E-state index in [-0.39, 0.29) is 38.8 Å². The molecular formula is C14H30BN5O7S. The van der Waals surface area contributed by atoms with E-state index in [0.29, 0.717) is 10.7 Å². The average Bonchev–Trinajstić information content (AvgIpc) is 2.97. The summed E-state index contributed by atoms with van der Waals surface area (Å²) in [6.07, 6.45) is 0.764. The van der Waals surface area contributed by atoms with Gasteiger partial charge >= 0.3 is 23.3 Å². The lowest BCUT2D eigenvalue weighted by molar-refractivity contribution is -0.144. The first kappa shape index (κ1) is 24.8. The number of amides is 1. The molecule has 162 valence electrons. The molecule has 1 rings (SSSR count). The Labute approximate surface area is 165 Å². The second-order valence-corrected chi connectivity index (χ2v) is 8.86. The van der Waals surface area contributed by atoms with E-state index in [1.54, 1.807) is 6.92 Å².